The zero-order valence-corrected chi connectivity index (χ0v) is 15.4. The highest BCUT2D eigenvalue weighted by molar-refractivity contribution is 5.85. The molecule has 2 aromatic carbocycles. The molecule has 1 unspecified atom stereocenters. The maximum absolute atomic E-state index is 12.7. The van der Waals surface area contributed by atoms with Gasteiger partial charge in [0.25, 0.3) is 0 Å². The van der Waals surface area contributed by atoms with Crippen LogP contribution in [0.2, 0.25) is 0 Å². The topological polar surface area (TPSA) is 47.4 Å². The second kappa shape index (κ2) is 6.48. The predicted molar refractivity (Wildman–Crippen MR) is 103 cm³/mol. The fraction of sp³-hybridized carbons (Fsp3) is 0.333. The van der Waals surface area contributed by atoms with Gasteiger partial charge in [0.15, 0.2) is 0 Å². The number of benzene rings is 2. The first-order chi connectivity index (χ1) is 12.6. The van der Waals surface area contributed by atoms with Gasteiger partial charge < -0.3 is 14.2 Å². The number of anilines is 1. The van der Waals surface area contributed by atoms with Crippen molar-refractivity contribution in [1.29, 1.82) is 0 Å². The van der Waals surface area contributed by atoms with Crippen LogP contribution < -0.4 is 9.64 Å². The van der Waals surface area contributed by atoms with Crippen molar-refractivity contribution >= 4 is 22.7 Å². The maximum Gasteiger partial charge on any atom is 0.322 e. The van der Waals surface area contributed by atoms with Crippen LogP contribution in [0.1, 0.15) is 31.2 Å². The van der Waals surface area contributed by atoms with E-state index in [-0.39, 0.29) is 11.9 Å². The Morgan fingerprint density at radius 1 is 1.19 bits per heavy atom. The summed E-state index contributed by atoms with van der Waals surface area (Å²) in [5.41, 5.74) is 4.07. The minimum Gasteiger partial charge on any atom is -0.426 e. The zero-order valence-electron chi connectivity index (χ0n) is 15.4. The summed E-state index contributed by atoms with van der Waals surface area (Å²) >= 11 is 0. The van der Waals surface area contributed by atoms with E-state index >= 15 is 0 Å². The number of esters is 1. The van der Waals surface area contributed by atoms with E-state index in [1.807, 2.05) is 41.9 Å². The average molecular weight is 349 g/mol. The molecule has 5 heteroatoms. The molecule has 5 nitrogen and oxygen atoms in total. The minimum atomic E-state index is -0.376. The molecule has 1 aliphatic rings. The number of rotatable bonds is 4. The Morgan fingerprint density at radius 2 is 1.96 bits per heavy atom. The molecule has 3 aromatic rings. The minimum absolute atomic E-state index is 0.229. The van der Waals surface area contributed by atoms with E-state index in [1.54, 1.807) is 0 Å². The number of hydrogen-bond acceptors (Lipinski definition) is 4. The molecule has 0 amide bonds. The van der Waals surface area contributed by atoms with E-state index in [0.29, 0.717) is 12.2 Å². The molecule has 4 rings (SSSR count). The summed E-state index contributed by atoms with van der Waals surface area (Å²) in [5.74, 6) is 0.830. The molecule has 134 valence electrons. The summed E-state index contributed by atoms with van der Waals surface area (Å²) in [6.45, 7) is 6.09. The average Bonchev–Trinajstić information content (AvgIpc) is 2.99. The summed E-state index contributed by atoms with van der Waals surface area (Å²) in [7, 11) is 1.96. The Balaban J connectivity index is 1.70. The normalized spacial score (nSPS) is 16.4. The second-order valence-electron chi connectivity index (χ2n) is 6.66. The van der Waals surface area contributed by atoms with E-state index in [1.165, 1.54) is 0 Å². The largest absolute Gasteiger partial charge is 0.426 e. The van der Waals surface area contributed by atoms with Crippen molar-refractivity contribution in [3.8, 4) is 5.75 Å². The standard InChI is InChI=1S/C21H23N3O2/c1-4-24(5-2)15-11-10-14-12-16(21(25)26-19(14)13-15)20-22-17-8-6-7-9-18(17)23(20)3/h6-11,13,16H,4-5,12H2,1-3H3. The molecule has 0 radical (unpaired) electrons. The first-order valence-electron chi connectivity index (χ1n) is 9.13. The highest BCUT2D eigenvalue weighted by atomic mass is 16.5. The molecule has 0 saturated carbocycles. The first kappa shape index (κ1) is 16.6. The van der Waals surface area contributed by atoms with Gasteiger partial charge in [0.1, 0.15) is 17.5 Å². The smallest absolute Gasteiger partial charge is 0.322 e. The lowest BCUT2D eigenvalue weighted by molar-refractivity contribution is -0.137. The van der Waals surface area contributed by atoms with Crippen LogP contribution in [0.4, 0.5) is 5.69 Å². The summed E-state index contributed by atoms with van der Waals surface area (Å²) < 4.78 is 7.71. The Kier molecular flexibility index (Phi) is 4.15. The van der Waals surface area contributed by atoms with Crippen LogP contribution in [0.5, 0.6) is 5.75 Å². The van der Waals surface area contributed by atoms with Crippen molar-refractivity contribution < 1.29 is 9.53 Å². The van der Waals surface area contributed by atoms with Crippen molar-refractivity contribution in [1.82, 2.24) is 9.55 Å². The molecule has 0 saturated heterocycles. The van der Waals surface area contributed by atoms with Gasteiger partial charge in [0.05, 0.1) is 11.0 Å². The number of hydrogen-bond donors (Lipinski definition) is 0. The van der Waals surface area contributed by atoms with Crippen LogP contribution in [0, 0.1) is 0 Å². The molecule has 2 heterocycles. The van der Waals surface area contributed by atoms with Gasteiger partial charge >= 0.3 is 5.97 Å². The lowest BCUT2D eigenvalue weighted by atomic mass is 9.95. The summed E-state index contributed by atoms with van der Waals surface area (Å²) in [5, 5.41) is 0. The first-order valence-corrected chi connectivity index (χ1v) is 9.13. The Labute approximate surface area is 153 Å². The van der Waals surface area contributed by atoms with Gasteiger partial charge in [-0.05, 0) is 44.0 Å². The fourth-order valence-corrected chi connectivity index (χ4v) is 3.75. The quantitative estimate of drug-likeness (QED) is 0.533. The number of para-hydroxylation sites is 2. The van der Waals surface area contributed by atoms with E-state index < -0.39 is 0 Å². The number of carbonyl (C=O) groups is 1. The summed E-state index contributed by atoms with van der Waals surface area (Å²) in [4.78, 5) is 19.6. The Hall–Kier alpha value is -2.82. The lowest BCUT2D eigenvalue weighted by Crippen LogP contribution is -2.28. The number of aryl methyl sites for hydroxylation is 1. The molecular weight excluding hydrogens is 326 g/mol. The van der Waals surface area contributed by atoms with Gasteiger partial charge in [0.2, 0.25) is 0 Å². The number of carbonyl (C=O) groups excluding carboxylic acids is 1. The molecule has 0 aliphatic carbocycles. The van der Waals surface area contributed by atoms with Crippen LogP contribution in [-0.2, 0) is 18.3 Å². The van der Waals surface area contributed by atoms with E-state index in [2.05, 4.69) is 35.9 Å². The molecule has 0 N–H and O–H groups in total. The van der Waals surface area contributed by atoms with Crippen LogP contribution in [0.25, 0.3) is 11.0 Å². The molecule has 26 heavy (non-hydrogen) atoms. The highest BCUT2D eigenvalue weighted by Gasteiger charge is 2.33. The van der Waals surface area contributed by atoms with Crippen LogP contribution >= 0.6 is 0 Å². The second-order valence-corrected chi connectivity index (χ2v) is 6.66. The van der Waals surface area contributed by atoms with E-state index in [4.69, 9.17) is 4.74 Å². The van der Waals surface area contributed by atoms with E-state index in [0.717, 1.165) is 41.2 Å². The van der Waals surface area contributed by atoms with Crippen LogP contribution in [0.15, 0.2) is 42.5 Å². The predicted octanol–water partition coefficient (Wildman–Crippen LogP) is 3.66. The Morgan fingerprint density at radius 3 is 2.69 bits per heavy atom. The van der Waals surface area contributed by atoms with Crippen LogP contribution in [-0.4, -0.2) is 28.6 Å². The number of imidazole rings is 1. The monoisotopic (exact) mass is 349 g/mol. The third-order valence-electron chi connectivity index (χ3n) is 5.23. The highest BCUT2D eigenvalue weighted by Crippen LogP contribution is 2.36. The van der Waals surface area contributed by atoms with Crippen molar-refractivity contribution in [2.24, 2.45) is 7.05 Å². The van der Waals surface area contributed by atoms with Crippen molar-refractivity contribution in [2.75, 3.05) is 18.0 Å². The van der Waals surface area contributed by atoms with Crippen molar-refractivity contribution in [3.05, 3.63) is 53.9 Å². The number of nitrogens with zero attached hydrogens (tertiary/aromatic N) is 3. The van der Waals surface area contributed by atoms with Crippen LogP contribution in [0.3, 0.4) is 0 Å². The third kappa shape index (κ3) is 2.64. The van der Waals surface area contributed by atoms with Gasteiger partial charge in [-0.15, -0.1) is 0 Å². The number of fused-ring (bicyclic) bond motifs is 2. The molecule has 0 spiro atoms. The lowest BCUT2D eigenvalue weighted by Gasteiger charge is -2.26. The van der Waals surface area contributed by atoms with Crippen molar-refractivity contribution in [2.45, 2.75) is 26.2 Å². The van der Waals surface area contributed by atoms with Gasteiger partial charge in [-0.25, -0.2) is 4.98 Å². The zero-order chi connectivity index (χ0) is 18.3. The number of ether oxygens (including phenoxy) is 1. The van der Waals surface area contributed by atoms with Gasteiger partial charge in [-0.3, -0.25) is 4.79 Å². The molecule has 0 fully saturated rings. The van der Waals surface area contributed by atoms with Crippen molar-refractivity contribution in [3.63, 3.8) is 0 Å². The fourth-order valence-electron chi connectivity index (χ4n) is 3.75. The van der Waals surface area contributed by atoms with Gasteiger partial charge in [-0.2, -0.15) is 0 Å². The van der Waals surface area contributed by atoms with Gasteiger partial charge in [-0.1, -0.05) is 18.2 Å². The summed E-state index contributed by atoms with van der Waals surface area (Å²) in [6, 6.07) is 14.1. The molecule has 1 aromatic heterocycles. The molecule has 1 aliphatic heterocycles. The number of aromatic nitrogens is 2. The van der Waals surface area contributed by atoms with E-state index in [9.17, 15) is 4.79 Å². The molecule has 0 bridgehead atoms. The SMILES string of the molecule is CCN(CC)c1ccc2c(c1)OC(=O)C(c1nc3ccccc3n1C)C2. The van der Waals surface area contributed by atoms with Gasteiger partial charge in [0, 0.05) is 31.9 Å². The summed E-state index contributed by atoms with van der Waals surface area (Å²) in [6.07, 6.45) is 0.615. The molecular formula is C21H23N3O2. The maximum atomic E-state index is 12.7. The third-order valence-corrected chi connectivity index (χ3v) is 5.23. The Bertz CT molecular complexity index is 973. The molecule has 1 atom stereocenters.